The number of hydrogen-bond donors (Lipinski definition) is 1. The van der Waals surface area contributed by atoms with E-state index in [4.69, 9.17) is 0 Å². The van der Waals surface area contributed by atoms with Gasteiger partial charge in [-0.05, 0) is 32.1 Å². The highest BCUT2D eigenvalue weighted by Gasteiger charge is 2.53. The van der Waals surface area contributed by atoms with E-state index in [1.807, 2.05) is 18.7 Å². The molecule has 1 saturated heterocycles. The molecule has 3 unspecified atom stereocenters. The summed E-state index contributed by atoms with van der Waals surface area (Å²) >= 11 is 0. The minimum atomic E-state index is -0.759. The predicted molar refractivity (Wildman–Crippen MR) is 65.3 cm³/mol. The van der Waals surface area contributed by atoms with Gasteiger partial charge in [-0.1, -0.05) is 20.8 Å². The minimum Gasteiger partial charge on any atom is -0.340 e. The number of amides is 2. The van der Waals surface area contributed by atoms with E-state index in [9.17, 15) is 9.59 Å². The van der Waals surface area contributed by atoms with Gasteiger partial charge < -0.3 is 10.2 Å². The zero-order valence-electron chi connectivity index (χ0n) is 11.3. The Morgan fingerprint density at radius 2 is 1.88 bits per heavy atom. The Balaban J connectivity index is 2.32. The first-order valence-electron chi connectivity index (χ1n) is 6.40. The molecule has 2 rings (SSSR count). The second-order valence-corrected chi connectivity index (χ2v) is 6.30. The molecule has 1 aliphatic carbocycles. The van der Waals surface area contributed by atoms with Crippen LogP contribution >= 0.6 is 0 Å². The fraction of sp³-hybridized carbons (Fsp3) is 0.846. The molecule has 1 aliphatic heterocycles. The molecule has 2 fully saturated rings. The quantitative estimate of drug-likeness (QED) is 0.784. The van der Waals surface area contributed by atoms with Crippen LogP contribution in [0, 0.1) is 11.8 Å². The van der Waals surface area contributed by atoms with Gasteiger partial charge in [-0.15, -0.1) is 0 Å². The molecule has 0 aromatic rings. The van der Waals surface area contributed by atoms with Crippen molar-refractivity contribution < 1.29 is 9.59 Å². The third kappa shape index (κ3) is 1.94. The van der Waals surface area contributed by atoms with Gasteiger partial charge >= 0.3 is 0 Å². The van der Waals surface area contributed by atoms with Gasteiger partial charge in [0.15, 0.2) is 0 Å². The summed E-state index contributed by atoms with van der Waals surface area (Å²) in [6.07, 6.45) is 1.03. The van der Waals surface area contributed by atoms with E-state index in [1.54, 1.807) is 13.8 Å². The Morgan fingerprint density at radius 1 is 1.35 bits per heavy atom. The molecule has 4 heteroatoms. The Kier molecular flexibility index (Phi) is 2.71. The van der Waals surface area contributed by atoms with Crippen molar-refractivity contribution in [3.8, 4) is 0 Å². The average Bonchev–Trinajstić information content (AvgIpc) is 2.86. The fourth-order valence-corrected chi connectivity index (χ4v) is 2.68. The number of nitrogens with zero attached hydrogens (tertiary/aromatic N) is 1. The monoisotopic (exact) mass is 238 g/mol. The summed E-state index contributed by atoms with van der Waals surface area (Å²) in [5.74, 6) is 0.735. The molecule has 0 spiro atoms. The van der Waals surface area contributed by atoms with Crippen LogP contribution in [0.5, 0.6) is 0 Å². The van der Waals surface area contributed by atoms with Crippen molar-refractivity contribution in [1.82, 2.24) is 10.2 Å². The Morgan fingerprint density at radius 3 is 2.29 bits per heavy atom. The van der Waals surface area contributed by atoms with Crippen LogP contribution in [0.25, 0.3) is 0 Å². The molecule has 3 atom stereocenters. The predicted octanol–water partition coefficient (Wildman–Crippen LogP) is 1.16. The summed E-state index contributed by atoms with van der Waals surface area (Å²) in [5, 5.41) is 2.83. The van der Waals surface area contributed by atoms with Gasteiger partial charge in [-0.2, -0.15) is 0 Å². The summed E-state index contributed by atoms with van der Waals surface area (Å²) in [6.45, 7) is 9.69. The van der Waals surface area contributed by atoms with E-state index in [-0.39, 0.29) is 29.8 Å². The number of nitrogens with one attached hydrogen (secondary N) is 1. The SMILES string of the molecule is CC(C)C1C(=O)NC(C)(C)C(=O)N1C1CC1C. The van der Waals surface area contributed by atoms with E-state index in [0.717, 1.165) is 6.42 Å². The van der Waals surface area contributed by atoms with Crippen LogP contribution in [0.4, 0.5) is 0 Å². The Hall–Kier alpha value is -1.06. The number of carbonyl (C=O) groups is 2. The van der Waals surface area contributed by atoms with E-state index in [0.29, 0.717) is 5.92 Å². The third-order valence-electron chi connectivity index (χ3n) is 3.83. The number of piperazine rings is 1. The van der Waals surface area contributed by atoms with Crippen molar-refractivity contribution in [2.24, 2.45) is 11.8 Å². The fourth-order valence-electron chi connectivity index (χ4n) is 2.68. The molecule has 1 heterocycles. The molecule has 1 saturated carbocycles. The lowest BCUT2D eigenvalue weighted by atomic mass is 9.91. The maximum absolute atomic E-state index is 12.4. The highest BCUT2D eigenvalue weighted by molar-refractivity contribution is 5.99. The summed E-state index contributed by atoms with van der Waals surface area (Å²) in [6, 6.07) is -0.0364. The molecule has 96 valence electrons. The topological polar surface area (TPSA) is 49.4 Å². The average molecular weight is 238 g/mol. The minimum absolute atomic E-state index is 0.0105. The maximum Gasteiger partial charge on any atom is 0.248 e. The molecule has 4 nitrogen and oxygen atoms in total. The van der Waals surface area contributed by atoms with Crippen LogP contribution in [-0.2, 0) is 9.59 Å². The first kappa shape index (κ1) is 12.4. The van der Waals surface area contributed by atoms with Crippen molar-refractivity contribution in [3.63, 3.8) is 0 Å². The molecule has 0 bridgehead atoms. The van der Waals surface area contributed by atoms with Gasteiger partial charge in [0.1, 0.15) is 11.6 Å². The molecule has 0 aromatic heterocycles. The van der Waals surface area contributed by atoms with E-state index in [1.165, 1.54) is 0 Å². The van der Waals surface area contributed by atoms with E-state index in [2.05, 4.69) is 12.2 Å². The van der Waals surface area contributed by atoms with Gasteiger partial charge in [-0.25, -0.2) is 0 Å². The summed E-state index contributed by atoms with van der Waals surface area (Å²) in [5.41, 5.74) is -0.759. The number of carbonyl (C=O) groups excluding carboxylic acids is 2. The molecular formula is C13H22N2O2. The van der Waals surface area contributed by atoms with Crippen molar-refractivity contribution in [2.45, 2.75) is 58.7 Å². The lowest BCUT2D eigenvalue weighted by Gasteiger charge is -2.44. The standard InChI is InChI=1S/C13H22N2O2/c1-7(2)10-11(16)14-13(4,5)12(17)15(10)9-6-8(9)3/h7-10H,6H2,1-5H3,(H,14,16). The molecule has 0 aromatic carbocycles. The molecule has 2 amide bonds. The summed E-state index contributed by atoms with van der Waals surface area (Å²) < 4.78 is 0. The first-order chi connectivity index (χ1) is 7.75. The second kappa shape index (κ2) is 3.72. The largest absolute Gasteiger partial charge is 0.340 e. The van der Waals surface area contributed by atoms with Crippen LogP contribution in [0.15, 0.2) is 0 Å². The second-order valence-electron chi connectivity index (χ2n) is 6.30. The van der Waals surface area contributed by atoms with Crippen molar-refractivity contribution in [2.75, 3.05) is 0 Å². The van der Waals surface area contributed by atoms with Crippen LogP contribution < -0.4 is 5.32 Å². The highest BCUT2D eigenvalue weighted by atomic mass is 16.2. The molecule has 17 heavy (non-hydrogen) atoms. The van der Waals surface area contributed by atoms with Crippen LogP contribution in [0.1, 0.15) is 41.0 Å². The lowest BCUT2D eigenvalue weighted by Crippen LogP contribution is -2.69. The van der Waals surface area contributed by atoms with Gasteiger partial charge in [0, 0.05) is 6.04 Å². The number of hydrogen-bond acceptors (Lipinski definition) is 2. The van der Waals surface area contributed by atoms with Crippen LogP contribution in [0.2, 0.25) is 0 Å². The lowest BCUT2D eigenvalue weighted by molar-refractivity contribution is -0.156. The van der Waals surface area contributed by atoms with Crippen molar-refractivity contribution in [3.05, 3.63) is 0 Å². The molecule has 0 radical (unpaired) electrons. The molecular weight excluding hydrogens is 216 g/mol. The molecule has 2 aliphatic rings. The highest BCUT2D eigenvalue weighted by Crippen LogP contribution is 2.40. The third-order valence-corrected chi connectivity index (χ3v) is 3.83. The van der Waals surface area contributed by atoms with E-state index >= 15 is 0 Å². The summed E-state index contributed by atoms with van der Waals surface area (Å²) in [7, 11) is 0. The van der Waals surface area contributed by atoms with Gasteiger partial charge in [-0.3, -0.25) is 9.59 Å². The van der Waals surface area contributed by atoms with Gasteiger partial charge in [0.2, 0.25) is 11.8 Å². The zero-order valence-corrected chi connectivity index (χ0v) is 11.3. The number of rotatable bonds is 2. The summed E-state index contributed by atoms with van der Waals surface area (Å²) in [4.78, 5) is 26.4. The first-order valence-corrected chi connectivity index (χ1v) is 6.40. The van der Waals surface area contributed by atoms with Crippen LogP contribution in [0.3, 0.4) is 0 Å². The Bertz CT molecular complexity index is 362. The van der Waals surface area contributed by atoms with Crippen molar-refractivity contribution in [1.29, 1.82) is 0 Å². The zero-order chi connectivity index (χ0) is 13.0. The van der Waals surface area contributed by atoms with E-state index < -0.39 is 5.54 Å². The van der Waals surface area contributed by atoms with Gasteiger partial charge in [0.05, 0.1) is 0 Å². The smallest absolute Gasteiger partial charge is 0.248 e. The Labute approximate surface area is 103 Å². The molecule has 1 N–H and O–H groups in total. The van der Waals surface area contributed by atoms with Gasteiger partial charge in [0.25, 0.3) is 0 Å². The maximum atomic E-state index is 12.4. The normalized spacial score (nSPS) is 36.1. The van der Waals surface area contributed by atoms with Crippen molar-refractivity contribution >= 4 is 11.8 Å². The van der Waals surface area contributed by atoms with Crippen LogP contribution in [-0.4, -0.2) is 34.3 Å².